The van der Waals surface area contributed by atoms with Gasteiger partial charge in [-0.05, 0) is 43.0 Å². The number of para-hydroxylation sites is 1. The molecule has 0 aromatic heterocycles. The van der Waals surface area contributed by atoms with Crippen LogP contribution in [0.3, 0.4) is 0 Å². The van der Waals surface area contributed by atoms with Crippen molar-refractivity contribution in [2.24, 2.45) is 0 Å². The Morgan fingerprint density at radius 3 is 2.35 bits per heavy atom. The third-order valence-corrected chi connectivity index (χ3v) is 5.34. The van der Waals surface area contributed by atoms with Crippen LogP contribution < -0.4 is 25.0 Å². The number of nitrogens with one attached hydrogen (secondary N) is 3. The summed E-state index contributed by atoms with van der Waals surface area (Å²) in [5, 5.41) is 5.95. The molecule has 7 nitrogen and oxygen atoms in total. The number of hydrogen-bond acceptors (Lipinski definition) is 4. The van der Waals surface area contributed by atoms with E-state index in [2.05, 4.69) is 24.5 Å². The minimum atomic E-state index is -0.153. The summed E-state index contributed by atoms with van der Waals surface area (Å²) in [6, 6.07) is 11.4. The maximum atomic E-state index is 12.7. The van der Waals surface area contributed by atoms with Crippen molar-refractivity contribution in [1.29, 1.82) is 0 Å². The van der Waals surface area contributed by atoms with Crippen LogP contribution in [0.5, 0.6) is 11.5 Å². The number of benzene rings is 2. The first-order chi connectivity index (χ1) is 14.9. The van der Waals surface area contributed by atoms with Gasteiger partial charge in [-0.15, -0.1) is 0 Å². The van der Waals surface area contributed by atoms with Crippen molar-refractivity contribution >= 4 is 23.2 Å². The Kier molecular flexibility index (Phi) is 7.52. The largest absolute Gasteiger partial charge is 0.486 e. The number of hydrogen-bond donors (Lipinski definition) is 3. The lowest BCUT2D eigenvalue weighted by atomic mass is 9.98. The predicted octanol–water partition coefficient (Wildman–Crippen LogP) is 2.37. The highest BCUT2D eigenvalue weighted by Crippen LogP contribution is 2.32. The topological polar surface area (TPSA) is 81.1 Å². The quantitative estimate of drug-likeness (QED) is 0.605. The number of likely N-dealkylation sites (N-methyl/N-ethyl adjacent to an activating group) is 1. The van der Waals surface area contributed by atoms with Crippen LogP contribution in [0.1, 0.15) is 37.8 Å². The van der Waals surface area contributed by atoms with Crippen LogP contribution in [0, 0.1) is 6.92 Å². The van der Waals surface area contributed by atoms with Crippen LogP contribution in [0.15, 0.2) is 36.4 Å². The van der Waals surface area contributed by atoms with Gasteiger partial charge in [0, 0.05) is 17.4 Å². The van der Waals surface area contributed by atoms with Crippen LogP contribution in [0.2, 0.25) is 0 Å². The molecule has 2 amide bonds. The molecule has 0 fully saturated rings. The van der Waals surface area contributed by atoms with E-state index < -0.39 is 0 Å². The van der Waals surface area contributed by atoms with E-state index in [0.717, 1.165) is 21.7 Å². The van der Waals surface area contributed by atoms with Crippen molar-refractivity contribution in [3.63, 3.8) is 0 Å². The summed E-state index contributed by atoms with van der Waals surface area (Å²) in [6.07, 6.45) is 0. The lowest BCUT2D eigenvalue weighted by Gasteiger charge is -2.20. The number of carbonyl (C=O) groups is 2. The number of ether oxygens (including phenoxy) is 2. The zero-order valence-electron chi connectivity index (χ0n) is 18.7. The Hall–Kier alpha value is -3.06. The van der Waals surface area contributed by atoms with E-state index >= 15 is 0 Å². The first-order valence-corrected chi connectivity index (χ1v) is 10.8. The minimum absolute atomic E-state index is 0.0971. The third kappa shape index (κ3) is 5.98. The average Bonchev–Trinajstić information content (AvgIpc) is 2.74. The van der Waals surface area contributed by atoms with Gasteiger partial charge in [0.25, 0.3) is 11.8 Å². The highest BCUT2D eigenvalue weighted by molar-refractivity contribution is 5.94. The summed E-state index contributed by atoms with van der Waals surface area (Å²) in [4.78, 5) is 26.1. The first kappa shape index (κ1) is 22.6. The molecule has 7 heteroatoms. The molecule has 1 aliphatic rings. The van der Waals surface area contributed by atoms with E-state index in [0.29, 0.717) is 42.9 Å². The van der Waals surface area contributed by atoms with Crippen molar-refractivity contribution in [2.45, 2.75) is 33.6 Å². The van der Waals surface area contributed by atoms with Gasteiger partial charge in [-0.3, -0.25) is 9.59 Å². The maximum Gasteiger partial charge on any atom is 0.279 e. The Morgan fingerprint density at radius 1 is 1.00 bits per heavy atom. The molecule has 2 aromatic rings. The number of anilines is 2. The summed E-state index contributed by atoms with van der Waals surface area (Å²) >= 11 is 0. The molecule has 1 aliphatic heterocycles. The molecule has 0 saturated carbocycles. The molecule has 1 unspecified atom stereocenters. The number of quaternary nitrogens is 1. The lowest BCUT2D eigenvalue weighted by Crippen LogP contribution is -3.13. The lowest BCUT2D eigenvalue weighted by molar-refractivity contribution is -0.881. The molecule has 0 radical (unpaired) electrons. The van der Waals surface area contributed by atoms with Crippen molar-refractivity contribution in [3.8, 4) is 11.5 Å². The van der Waals surface area contributed by atoms with Crippen molar-refractivity contribution in [3.05, 3.63) is 47.5 Å². The molecule has 0 spiro atoms. The van der Waals surface area contributed by atoms with E-state index in [1.807, 2.05) is 32.0 Å². The van der Waals surface area contributed by atoms with Crippen LogP contribution in [0.25, 0.3) is 0 Å². The van der Waals surface area contributed by atoms with Crippen molar-refractivity contribution in [1.82, 2.24) is 0 Å². The minimum Gasteiger partial charge on any atom is -0.486 e. The normalized spacial score (nSPS) is 13.6. The second kappa shape index (κ2) is 10.3. The SMILES string of the molecule is CC[NH+](CC(=O)Nc1ccc2c(c1)OCCO2)CC(=O)Nc1c(C)cccc1C(C)C. The maximum absolute atomic E-state index is 12.7. The number of fused-ring (bicyclic) bond motifs is 1. The Morgan fingerprint density at radius 2 is 1.68 bits per heavy atom. The summed E-state index contributed by atoms with van der Waals surface area (Å²) in [6.45, 7) is 10.3. The highest BCUT2D eigenvalue weighted by Gasteiger charge is 2.20. The van der Waals surface area contributed by atoms with Gasteiger partial charge in [0.05, 0.1) is 6.54 Å². The molecule has 1 heterocycles. The smallest absolute Gasteiger partial charge is 0.279 e. The predicted molar refractivity (Wildman–Crippen MR) is 121 cm³/mol. The molecule has 0 aliphatic carbocycles. The molecule has 3 rings (SSSR count). The highest BCUT2D eigenvalue weighted by atomic mass is 16.6. The monoisotopic (exact) mass is 426 g/mol. The van der Waals surface area contributed by atoms with Crippen LogP contribution >= 0.6 is 0 Å². The van der Waals surface area contributed by atoms with Gasteiger partial charge < -0.3 is 25.0 Å². The Bertz CT molecular complexity index is 942. The van der Waals surface area contributed by atoms with Crippen LogP contribution in [-0.2, 0) is 9.59 Å². The number of rotatable bonds is 8. The van der Waals surface area contributed by atoms with Gasteiger partial charge >= 0.3 is 0 Å². The van der Waals surface area contributed by atoms with E-state index in [1.165, 1.54) is 0 Å². The molecule has 0 saturated heterocycles. The van der Waals surface area contributed by atoms with E-state index in [-0.39, 0.29) is 24.9 Å². The zero-order valence-corrected chi connectivity index (χ0v) is 18.7. The zero-order chi connectivity index (χ0) is 22.4. The van der Waals surface area contributed by atoms with Gasteiger partial charge in [-0.2, -0.15) is 0 Å². The number of carbonyl (C=O) groups excluding carboxylic acids is 2. The molecule has 3 N–H and O–H groups in total. The summed E-state index contributed by atoms with van der Waals surface area (Å²) in [7, 11) is 0. The fourth-order valence-electron chi connectivity index (χ4n) is 3.62. The number of aryl methyl sites for hydroxylation is 1. The van der Waals surface area contributed by atoms with Crippen molar-refractivity contribution < 1.29 is 24.0 Å². The standard InChI is InChI=1S/C24H31N3O4/c1-5-27(15-23(29)26-24-17(4)7-6-8-19(24)16(2)3)14-22(28)25-18-9-10-20-21(13-18)31-12-11-30-20/h6-10,13,16H,5,11-12,14-15H2,1-4H3,(H,25,28)(H,26,29)/p+1. The fraction of sp³-hybridized carbons (Fsp3) is 0.417. The molecule has 2 aromatic carbocycles. The van der Waals surface area contributed by atoms with E-state index in [4.69, 9.17) is 9.47 Å². The second-order valence-corrected chi connectivity index (χ2v) is 8.11. The van der Waals surface area contributed by atoms with Gasteiger partial charge in [-0.25, -0.2) is 0 Å². The average molecular weight is 427 g/mol. The Labute approximate surface area is 183 Å². The van der Waals surface area contributed by atoms with Gasteiger partial charge in [0.2, 0.25) is 0 Å². The summed E-state index contributed by atoms with van der Waals surface area (Å²) < 4.78 is 11.1. The molecular formula is C24H32N3O4+. The Balaban J connectivity index is 1.58. The molecule has 1 atom stereocenters. The van der Waals surface area contributed by atoms with E-state index in [1.54, 1.807) is 18.2 Å². The van der Waals surface area contributed by atoms with E-state index in [9.17, 15) is 9.59 Å². The fourth-order valence-corrected chi connectivity index (χ4v) is 3.62. The third-order valence-electron chi connectivity index (χ3n) is 5.34. The molecule has 0 bridgehead atoms. The molecule has 166 valence electrons. The number of amides is 2. The first-order valence-electron chi connectivity index (χ1n) is 10.8. The molecular weight excluding hydrogens is 394 g/mol. The van der Waals surface area contributed by atoms with Gasteiger partial charge in [-0.1, -0.05) is 32.0 Å². The van der Waals surface area contributed by atoms with Crippen molar-refractivity contribution in [2.75, 3.05) is 43.5 Å². The van der Waals surface area contributed by atoms with Crippen LogP contribution in [0.4, 0.5) is 11.4 Å². The second-order valence-electron chi connectivity index (χ2n) is 8.11. The summed E-state index contributed by atoms with van der Waals surface area (Å²) in [5.74, 6) is 1.36. The van der Waals surface area contributed by atoms with Gasteiger partial charge in [0.15, 0.2) is 24.6 Å². The summed E-state index contributed by atoms with van der Waals surface area (Å²) in [5.41, 5.74) is 3.67. The molecule has 31 heavy (non-hydrogen) atoms. The van der Waals surface area contributed by atoms with Gasteiger partial charge in [0.1, 0.15) is 13.2 Å². The van der Waals surface area contributed by atoms with Crippen LogP contribution in [-0.4, -0.2) is 44.7 Å².